The molecule has 0 spiro atoms. The van der Waals surface area contributed by atoms with Crippen LogP contribution in [0, 0.1) is 11.8 Å². The van der Waals surface area contributed by atoms with Crippen LogP contribution in [0.2, 0.25) is 5.02 Å². The smallest absolute Gasteiger partial charge is 0.253 e. The Kier molecular flexibility index (Phi) is 5.01. The summed E-state index contributed by atoms with van der Waals surface area (Å²) in [6, 6.07) is 4.58. The summed E-state index contributed by atoms with van der Waals surface area (Å²) in [6.45, 7) is 1.54. The Morgan fingerprint density at radius 2 is 1.81 bits per heavy atom. The Balaban J connectivity index is 1.53. The van der Waals surface area contributed by atoms with Gasteiger partial charge >= 0.3 is 0 Å². The van der Waals surface area contributed by atoms with Gasteiger partial charge in [0.2, 0.25) is 10.0 Å². The quantitative estimate of drug-likeness (QED) is 0.847. The molecule has 2 saturated carbocycles. The number of amides is 1. The standard InChI is InChI=1S/C19H25ClN2O3S/c20-17-8-5-14(11-18(17)26(24,25)21-16-6-7-16)19(23)22-10-9-13-3-1-2-4-15(13)12-22/h5,8,11,13,15-16,21H,1-4,6-7,9-10,12H2/t13-,15+/m1/s1. The van der Waals surface area contributed by atoms with E-state index in [2.05, 4.69) is 4.72 Å². The Morgan fingerprint density at radius 1 is 1.08 bits per heavy atom. The van der Waals surface area contributed by atoms with Crippen LogP contribution in [0.1, 0.15) is 55.3 Å². The number of nitrogens with one attached hydrogen (secondary N) is 1. The third-order valence-electron chi connectivity index (χ3n) is 5.95. The second-order valence-corrected chi connectivity index (χ2v) is 9.97. The van der Waals surface area contributed by atoms with Crippen LogP contribution < -0.4 is 4.72 Å². The second-order valence-electron chi connectivity index (χ2n) is 7.89. The highest BCUT2D eigenvalue weighted by Gasteiger charge is 2.34. The van der Waals surface area contributed by atoms with Gasteiger partial charge < -0.3 is 4.90 Å². The van der Waals surface area contributed by atoms with E-state index in [0.717, 1.165) is 38.3 Å². The van der Waals surface area contributed by atoms with Crippen LogP contribution in [-0.2, 0) is 10.0 Å². The Morgan fingerprint density at radius 3 is 2.54 bits per heavy atom. The van der Waals surface area contributed by atoms with Crippen LogP contribution >= 0.6 is 11.6 Å². The maximum absolute atomic E-state index is 13.0. The zero-order valence-corrected chi connectivity index (χ0v) is 16.4. The van der Waals surface area contributed by atoms with Crippen molar-refractivity contribution in [2.24, 2.45) is 11.8 Å². The van der Waals surface area contributed by atoms with Gasteiger partial charge in [-0.1, -0.05) is 30.9 Å². The summed E-state index contributed by atoms with van der Waals surface area (Å²) in [5, 5.41) is 0.153. The third kappa shape index (κ3) is 3.78. The van der Waals surface area contributed by atoms with Crippen LogP contribution in [0.4, 0.5) is 0 Å². The minimum absolute atomic E-state index is 0.000698. The van der Waals surface area contributed by atoms with Crippen molar-refractivity contribution in [1.29, 1.82) is 0 Å². The van der Waals surface area contributed by atoms with E-state index in [1.807, 2.05) is 4.90 Å². The van der Waals surface area contributed by atoms with Gasteiger partial charge in [0.05, 0.1) is 5.02 Å². The van der Waals surface area contributed by atoms with E-state index in [1.54, 1.807) is 6.07 Å². The second kappa shape index (κ2) is 7.13. The fraction of sp³-hybridized carbons (Fsp3) is 0.632. The maximum Gasteiger partial charge on any atom is 0.253 e. The molecule has 142 valence electrons. The number of hydrogen-bond donors (Lipinski definition) is 1. The number of likely N-dealkylation sites (tertiary alicyclic amines) is 1. The molecule has 0 unspecified atom stereocenters. The number of carbonyl (C=O) groups excluding carboxylic acids is 1. The highest BCUT2D eigenvalue weighted by molar-refractivity contribution is 7.89. The lowest BCUT2D eigenvalue weighted by Crippen LogP contribution is -2.44. The number of piperidine rings is 1. The zero-order chi connectivity index (χ0) is 18.3. The first-order chi connectivity index (χ1) is 12.4. The predicted molar refractivity (Wildman–Crippen MR) is 101 cm³/mol. The Labute approximate surface area is 160 Å². The number of carbonyl (C=O) groups is 1. The fourth-order valence-electron chi connectivity index (χ4n) is 4.29. The SMILES string of the molecule is O=C(c1ccc(Cl)c(S(=O)(=O)NC2CC2)c1)N1CC[C@H]2CCCC[C@H]2C1. The van der Waals surface area contributed by atoms with Crippen molar-refractivity contribution in [1.82, 2.24) is 9.62 Å². The van der Waals surface area contributed by atoms with Gasteiger partial charge in [0.25, 0.3) is 5.91 Å². The van der Waals surface area contributed by atoms with Crippen LogP contribution in [0.15, 0.2) is 23.1 Å². The minimum Gasteiger partial charge on any atom is -0.338 e. The van der Waals surface area contributed by atoms with Crippen molar-refractivity contribution in [3.8, 4) is 0 Å². The van der Waals surface area contributed by atoms with E-state index < -0.39 is 10.0 Å². The molecule has 0 aromatic heterocycles. The van der Waals surface area contributed by atoms with Crippen molar-refractivity contribution in [2.75, 3.05) is 13.1 Å². The summed E-state index contributed by atoms with van der Waals surface area (Å²) >= 11 is 6.12. The highest BCUT2D eigenvalue weighted by atomic mass is 35.5. The van der Waals surface area contributed by atoms with Gasteiger partial charge in [-0.15, -0.1) is 0 Å². The van der Waals surface area contributed by atoms with E-state index in [1.165, 1.54) is 37.8 Å². The van der Waals surface area contributed by atoms with Gasteiger partial charge in [-0.05, 0) is 55.7 Å². The van der Waals surface area contributed by atoms with Gasteiger partial charge in [0.15, 0.2) is 0 Å². The molecule has 0 bridgehead atoms. The van der Waals surface area contributed by atoms with Crippen LogP contribution in [-0.4, -0.2) is 38.4 Å². The van der Waals surface area contributed by atoms with Crippen molar-refractivity contribution in [2.45, 2.75) is 55.9 Å². The molecule has 1 N–H and O–H groups in total. The van der Waals surface area contributed by atoms with E-state index in [9.17, 15) is 13.2 Å². The molecule has 3 fully saturated rings. The molecule has 1 saturated heterocycles. The van der Waals surface area contributed by atoms with Gasteiger partial charge in [0, 0.05) is 24.7 Å². The van der Waals surface area contributed by atoms with E-state index in [-0.39, 0.29) is 21.9 Å². The van der Waals surface area contributed by atoms with Gasteiger partial charge in [-0.25, -0.2) is 13.1 Å². The summed E-state index contributed by atoms with van der Waals surface area (Å²) in [6.07, 6.45) is 7.79. The van der Waals surface area contributed by atoms with Crippen LogP contribution in [0.5, 0.6) is 0 Å². The lowest BCUT2D eigenvalue weighted by molar-refractivity contribution is 0.0520. The molecule has 5 nitrogen and oxygen atoms in total. The van der Waals surface area contributed by atoms with Crippen molar-refractivity contribution < 1.29 is 13.2 Å². The predicted octanol–water partition coefficient (Wildman–Crippen LogP) is 3.43. The zero-order valence-electron chi connectivity index (χ0n) is 14.8. The first kappa shape index (κ1) is 18.3. The Bertz CT molecular complexity index is 807. The topological polar surface area (TPSA) is 66.5 Å². The lowest BCUT2D eigenvalue weighted by atomic mass is 9.75. The molecule has 0 radical (unpaired) electrons. The van der Waals surface area contributed by atoms with Crippen LogP contribution in [0.3, 0.4) is 0 Å². The maximum atomic E-state index is 13.0. The average molecular weight is 397 g/mol. The molecular weight excluding hydrogens is 372 g/mol. The first-order valence-electron chi connectivity index (χ1n) is 9.55. The van der Waals surface area contributed by atoms with Gasteiger partial charge in [-0.3, -0.25) is 4.79 Å². The van der Waals surface area contributed by atoms with E-state index >= 15 is 0 Å². The van der Waals surface area contributed by atoms with E-state index in [0.29, 0.717) is 11.5 Å². The molecule has 3 aliphatic rings. The minimum atomic E-state index is -3.69. The molecule has 7 heteroatoms. The number of hydrogen-bond acceptors (Lipinski definition) is 3. The molecule has 1 heterocycles. The van der Waals surface area contributed by atoms with Crippen molar-refractivity contribution in [3.05, 3.63) is 28.8 Å². The molecule has 4 rings (SSSR count). The number of sulfonamides is 1. The number of benzene rings is 1. The average Bonchev–Trinajstić information content (AvgIpc) is 3.44. The summed E-state index contributed by atoms with van der Waals surface area (Å²) in [5.74, 6) is 1.25. The number of halogens is 1. The third-order valence-corrected chi connectivity index (χ3v) is 7.95. The normalized spacial score (nSPS) is 26.4. The molecule has 1 aliphatic heterocycles. The largest absolute Gasteiger partial charge is 0.338 e. The van der Waals surface area contributed by atoms with E-state index in [4.69, 9.17) is 11.6 Å². The molecule has 2 atom stereocenters. The number of rotatable bonds is 4. The molecule has 1 aromatic rings. The van der Waals surface area contributed by atoms with Crippen LogP contribution in [0.25, 0.3) is 0 Å². The summed E-state index contributed by atoms with van der Waals surface area (Å²) in [5.41, 5.74) is 0.403. The lowest BCUT2D eigenvalue weighted by Gasteiger charge is -2.41. The Hall–Kier alpha value is -1.11. The fourth-order valence-corrected chi connectivity index (χ4v) is 6.12. The molecule has 1 amide bonds. The van der Waals surface area contributed by atoms with Crippen molar-refractivity contribution in [3.63, 3.8) is 0 Å². The monoisotopic (exact) mass is 396 g/mol. The molecular formula is C19H25ClN2O3S. The highest BCUT2D eigenvalue weighted by Crippen LogP contribution is 2.36. The number of nitrogens with zero attached hydrogens (tertiary/aromatic N) is 1. The molecule has 26 heavy (non-hydrogen) atoms. The summed E-state index contributed by atoms with van der Waals surface area (Å²) < 4.78 is 27.7. The van der Waals surface area contributed by atoms with Gasteiger partial charge in [-0.2, -0.15) is 0 Å². The van der Waals surface area contributed by atoms with Crippen molar-refractivity contribution >= 4 is 27.5 Å². The first-order valence-corrected chi connectivity index (χ1v) is 11.4. The molecule has 1 aromatic carbocycles. The summed E-state index contributed by atoms with van der Waals surface area (Å²) in [4.78, 5) is 14.9. The van der Waals surface area contributed by atoms with Gasteiger partial charge in [0.1, 0.15) is 4.90 Å². The number of fused-ring (bicyclic) bond motifs is 1. The molecule has 2 aliphatic carbocycles. The summed E-state index contributed by atoms with van der Waals surface area (Å²) in [7, 11) is -3.69.